The third kappa shape index (κ3) is 4.31. The van der Waals surface area contributed by atoms with E-state index in [-0.39, 0.29) is 23.3 Å². The molecular formula is C14H12Cl3O4P. The van der Waals surface area contributed by atoms with Gasteiger partial charge in [-0.05, 0) is 12.1 Å². The highest BCUT2D eigenvalue weighted by Gasteiger charge is 2.32. The van der Waals surface area contributed by atoms with E-state index in [1.165, 1.54) is 0 Å². The fourth-order valence-electron chi connectivity index (χ4n) is 1.69. The number of phosphoric acid groups is 1. The quantitative estimate of drug-likeness (QED) is 0.442. The minimum atomic E-state index is -4.08. The molecule has 2 aromatic carbocycles. The van der Waals surface area contributed by atoms with E-state index in [9.17, 15) is 4.57 Å². The van der Waals surface area contributed by atoms with Gasteiger partial charge in [-0.2, -0.15) is 4.08 Å². The predicted octanol–water partition coefficient (Wildman–Crippen LogP) is 5.90. The van der Waals surface area contributed by atoms with Crippen molar-refractivity contribution in [2.24, 2.45) is 0 Å². The molecule has 0 aliphatic carbocycles. The normalized spacial score (nSPS) is 11.2. The van der Waals surface area contributed by atoms with Gasteiger partial charge >= 0.3 is 7.82 Å². The van der Waals surface area contributed by atoms with Gasteiger partial charge in [-0.3, -0.25) is 0 Å². The van der Waals surface area contributed by atoms with E-state index in [0.717, 1.165) is 0 Å². The van der Waals surface area contributed by atoms with Gasteiger partial charge < -0.3 is 9.05 Å². The maximum atomic E-state index is 12.6. The molecule has 0 saturated carbocycles. The SMILES string of the molecule is O=P(OCl)(Oc1ccccc1CCl)Oc1ccccc1CCl. The molecule has 0 aliphatic rings. The highest BCUT2D eigenvalue weighted by Crippen LogP contribution is 2.52. The second-order valence-corrected chi connectivity index (χ2v) is 6.53. The van der Waals surface area contributed by atoms with Crippen molar-refractivity contribution >= 4 is 42.9 Å². The average molecular weight is 382 g/mol. The van der Waals surface area contributed by atoms with Crippen molar-refractivity contribution < 1.29 is 17.7 Å². The number of hydrogen-bond donors (Lipinski definition) is 0. The number of halogens is 3. The zero-order valence-electron chi connectivity index (χ0n) is 11.2. The Morgan fingerprint density at radius 3 is 1.59 bits per heavy atom. The Hall–Kier alpha value is -0.900. The van der Waals surface area contributed by atoms with Crippen molar-refractivity contribution in [2.45, 2.75) is 11.8 Å². The first-order valence-corrected chi connectivity index (χ1v) is 9.03. The lowest BCUT2D eigenvalue weighted by Crippen LogP contribution is -2.03. The molecule has 0 spiro atoms. The van der Waals surface area contributed by atoms with Crippen molar-refractivity contribution in [2.75, 3.05) is 0 Å². The van der Waals surface area contributed by atoms with Crippen molar-refractivity contribution in [3.8, 4) is 11.5 Å². The Kier molecular flexibility index (Phi) is 6.42. The molecular weight excluding hydrogens is 369 g/mol. The van der Waals surface area contributed by atoms with Crippen LogP contribution in [0.4, 0.5) is 0 Å². The minimum absolute atomic E-state index is 0.177. The zero-order valence-corrected chi connectivity index (χ0v) is 14.4. The molecule has 0 aromatic heterocycles. The Morgan fingerprint density at radius 2 is 1.23 bits per heavy atom. The monoisotopic (exact) mass is 380 g/mol. The smallest absolute Gasteiger partial charge is 0.394 e. The Balaban J connectivity index is 2.27. The van der Waals surface area contributed by atoms with Gasteiger partial charge in [-0.25, -0.2) is 4.57 Å². The second-order valence-electron chi connectivity index (χ2n) is 4.18. The first-order chi connectivity index (χ1) is 10.6. The van der Waals surface area contributed by atoms with Crippen LogP contribution in [0.3, 0.4) is 0 Å². The van der Waals surface area contributed by atoms with Crippen molar-refractivity contribution in [1.29, 1.82) is 0 Å². The van der Waals surface area contributed by atoms with Gasteiger partial charge in [0.05, 0.1) is 23.6 Å². The van der Waals surface area contributed by atoms with Crippen LogP contribution < -0.4 is 9.05 Å². The second kappa shape index (κ2) is 8.09. The molecule has 0 atom stereocenters. The molecule has 4 nitrogen and oxygen atoms in total. The highest BCUT2D eigenvalue weighted by atomic mass is 35.5. The van der Waals surface area contributed by atoms with Gasteiger partial charge in [0.25, 0.3) is 0 Å². The van der Waals surface area contributed by atoms with E-state index in [0.29, 0.717) is 11.1 Å². The van der Waals surface area contributed by atoms with Crippen molar-refractivity contribution in [3.63, 3.8) is 0 Å². The van der Waals surface area contributed by atoms with Crippen LogP contribution in [0, 0.1) is 0 Å². The number of para-hydroxylation sites is 2. The minimum Gasteiger partial charge on any atom is -0.394 e. The van der Waals surface area contributed by atoms with Gasteiger partial charge in [0.15, 0.2) is 0 Å². The maximum Gasteiger partial charge on any atom is 0.604 e. The molecule has 2 rings (SSSR count). The molecule has 118 valence electrons. The molecule has 0 bridgehead atoms. The van der Waals surface area contributed by atoms with Crippen LogP contribution in [0.15, 0.2) is 48.5 Å². The van der Waals surface area contributed by atoms with Crippen LogP contribution >= 0.6 is 42.9 Å². The summed E-state index contributed by atoms with van der Waals surface area (Å²) in [6.07, 6.45) is 0. The fourth-order valence-corrected chi connectivity index (χ4v) is 3.24. The van der Waals surface area contributed by atoms with Crippen LogP contribution in [0.5, 0.6) is 11.5 Å². The molecule has 2 aromatic rings. The summed E-state index contributed by atoms with van der Waals surface area (Å²) in [5.74, 6) is 0.891. The lowest BCUT2D eigenvalue weighted by Gasteiger charge is -2.18. The summed E-state index contributed by atoms with van der Waals surface area (Å²) in [6.45, 7) is 0. The van der Waals surface area contributed by atoms with E-state index in [1.807, 2.05) is 0 Å². The Bertz CT molecular complexity index is 627. The van der Waals surface area contributed by atoms with Gasteiger partial charge in [0.1, 0.15) is 11.5 Å². The topological polar surface area (TPSA) is 44.8 Å². The number of hydrogen-bond acceptors (Lipinski definition) is 4. The molecule has 0 amide bonds. The van der Waals surface area contributed by atoms with Crippen LogP contribution in [0.2, 0.25) is 0 Å². The molecule has 0 unspecified atom stereocenters. The summed E-state index contributed by atoms with van der Waals surface area (Å²) in [5.41, 5.74) is 1.26. The van der Waals surface area contributed by atoms with E-state index < -0.39 is 7.82 Å². The summed E-state index contributed by atoms with van der Waals surface area (Å²) in [7, 11) is -4.08. The molecule has 0 heterocycles. The first-order valence-electron chi connectivity index (χ1n) is 6.19. The molecule has 0 saturated heterocycles. The molecule has 0 aliphatic heterocycles. The average Bonchev–Trinajstić information content (AvgIpc) is 2.56. The highest BCUT2D eigenvalue weighted by molar-refractivity contribution is 7.50. The Labute approximate surface area is 143 Å². The third-order valence-electron chi connectivity index (χ3n) is 2.74. The third-order valence-corrected chi connectivity index (χ3v) is 4.83. The van der Waals surface area contributed by atoms with Crippen LogP contribution in [0.25, 0.3) is 0 Å². The van der Waals surface area contributed by atoms with E-state index in [2.05, 4.69) is 4.08 Å². The van der Waals surface area contributed by atoms with Crippen molar-refractivity contribution in [1.82, 2.24) is 0 Å². The molecule has 0 radical (unpaired) electrons. The molecule has 8 heteroatoms. The van der Waals surface area contributed by atoms with Gasteiger partial charge in [-0.1, -0.05) is 36.4 Å². The van der Waals surface area contributed by atoms with Gasteiger partial charge in [0, 0.05) is 11.1 Å². The van der Waals surface area contributed by atoms with Crippen LogP contribution in [-0.2, 0) is 20.4 Å². The van der Waals surface area contributed by atoms with Crippen LogP contribution in [-0.4, -0.2) is 0 Å². The summed E-state index contributed by atoms with van der Waals surface area (Å²) in [6, 6.07) is 13.6. The standard InChI is InChI=1S/C14H12Cl3O4P/c15-9-11-5-1-3-7-13(11)19-22(18,21-17)20-14-8-4-2-6-12(14)10-16/h1-8H,9-10H2. The number of phosphoric ester groups is 1. The predicted molar refractivity (Wildman–Crippen MR) is 87.8 cm³/mol. The van der Waals surface area contributed by atoms with Crippen molar-refractivity contribution in [3.05, 3.63) is 59.7 Å². The summed E-state index contributed by atoms with van der Waals surface area (Å²) in [5, 5.41) is 0. The summed E-state index contributed by atoms with van der Waals surface area (Å²) >= 11 is 16.9. The molecule has 0 fully saturated rings. The summed E-state index contributed by atoms with van der Waals surface area (Å²) in [4.78, 5) is 0. The summed E-state index contributed by atoms with van der Waals surface area (Å²) < 4.78 is 27.7. The fraction of sp³-hybridized carbons (Fsp3) is 0.143. The lowest BCUT2D eigenvalue weighted by molar-refractivity contribution is 0.306. The Morgan fingerprint density at radius 1 is 0.818 bits per heavy atom. The molecule has 22 heavy (non-hydrogen) atoms. The van der Waals surface area contributed by atoms with Gasteiger partial charge in [-0.15, -0.1) is 23.2 Å². The van der Waals surface area contributed by atoms with Crippen LogP contribution in [0.1, 0.15) is 11.1 Å². The largest absolute Gasteiger partial charge is 0.604 e. The molecule has 0 N–H and O–H groups in total. The number of benzene rings is 2. The van der Waals surface area contributed by atoms with E-state index in [4.69, 9.17) is 44.1 Å². The van der Waals surface area contributed by atoms with Gasteiger partial charge in [0.2, 0.25) is 0 Å². The van der Waals surface area contributed by atoms with E-state index >= 15 is 0 Å². The maximum absolute atomic E-state index is 12.6. The number of alkyl halides is 2. The first kappa shape index (κ1) is 17.5. The zero-order chi connectivity index (χ0) is 16.0. The lowest BCUT2D eigenvalue weighted by atomic mass is 10.2. The van der Waals surface area contributed by atoms with E-state index in [1.54, 1.807) is 48.5 Å². The number of rotatable bonds is 7.